The van der Waals surface area contributed by atoms with Crippen molar-refractivity contribution in [1.82, 2.24) is 5.32 Å². The fraction of sp³-hybridized carbons (Fsp3) is 0.455. The largest absolute Gasteiger partial charge is 0.309 e. The van der Waals surface area contributed by atoms with Crippen LogP contribution in [0.5, 0.6) is 0 Å². The summed E-state index contributed by atoms with van der Waals surface area (Å²) in [7, 11) is 0. The predicted molar refractivity (Wildman–Crippen MR) is 72.8 cm³/mol. The van der Waals surface area contributed by atoms with Crippen LogP contribution in [0.25, 0.3) is 0 Å². The van der Waals surface area contributed by atoms with Gasteiger partial charge in [0.25, 0.3) is 5.69 Å². The molecule has 0 aliphatic heterocycles. The minimum absolute atomic E-state index is 0.0707. The Balaban J connectivity index is 2.73. The van der Waals surface area contributed by atoms with Crippen LogP contribution < -0.4 is 5.32 Å². The van der Waals surface area contributed by atoms with E-state index in [1.807, 2.05) is 6.26 Å². The fourth-order valence-corrected chi connectivity index (χ4v) is 2.23. The van der Waals surface area contributed by atoms with Crippen LogP contribution in [0.15, 0.2) is 18.2 Å². The monoisotopic (exact) mass is 274 g/mol. The standard InChI is InChI=1S/C11H15ClN2O2S/c1-8(7-17-2)13-6-9-3-4-10(12)5-11(9)14(15)16/h3-5,8,13H,6-7H2,1-2H3. The number of nitrogens with zero attached hydrogens (tertiary/aromatic N) is 1. The van der Waals surface area contributed by atoms with E-state index in [1.54, 1.807) is 23.9 Å². The highest BCUT2D eigenvalue weighted by atomic mass is 35.5. The average Bonchev–Trinajstić information content (AvgIpc) is 2.27. The first kappa shape index (κ1) is 14.3. The van der Waals surface area contributed by atoms with Crippen LogP contribution in [0.1, 0.15) is 12.5 Å². The van der Waals surface area contributed by atoms with Gasteiger partial charge < -0.3 is 5.32 Å². The third-order valence-electron chi connectivity index (χ3n) is 2.30. The van der Waals surface area contributed by atoms with Crippen LogP contribution in [-0.4, -0.2) is 23.0 Å². The van der Waals surface area contributed by atoms with Gasteiger partial charge in [-0.1, -0.05) is 11.6 Å². The molecule has 0 spiro atoms. The molecule has 0 aliphatic carbocycles. The van der Waals surface area contributed by atoms with E-state index in [1.165, 1.54) is 6.07 Å². The first-order valence-electron chi connectivity index (χ1n) is 5.19. The van der Waals surface area contributed by atoms with Gasteiger partial charge in [-0.3, -0.25) is 10.1 Å². The lowest BCUT2D eigenvalue weighted by Gasteiger charge is -2.12. The molecule has 4 nitrogen and oxygen atoms in total. The number of rotatable bonds is 6. The third kappa shape index (κ3) is 4.53. The second-order valence-corrected chi connectivity index (χ2v) is 5.11. The molecule has 6 heteroatoms. The Morgan fingerprint density at radius 2 is 2.29 bits per heavy atom. The molecule has 0 fully saturated rings. The first-order chi connectivity index (χ1) is 8.04. The summed E-state index contributed by atoms with van der Waals surface area (Å²) in [6, 6.07) is 5.07. The number of nitro groups is 1. The van der Waals surface area contributed by atoms with Crippen molar-refractivity contribution in [3.63, 3.8) is 0 Å². The Bertz CT molecular complexity index is 401. The van der Waals surface area contributed by atoms with E-state index >= 15 is 0 Å². The van der Waals surface area contributed by atoms with Gasteiger partial charge in [0.15, 0.2) is 0 Å². The molecule has 17 heavy (non-hydrogen) atoms. The van der Waals surface area contributed by atoms with Crippen LogP contribution in [0.3, 0.4) is 0 Å². The highest BCUT2D eigenvalue weighted by Crippen LogP contribution is 2.23. The molecule has 0 bridgehead atoms. The van der Waals surface area contributed by atoms with Crippen LogP contribution >= 0.6 is 23.4 Å². The SMILES string of the molecule is CSCC(C)NCc1ccc(Cl)cc1[N+](=O)[O-]. The lowest BCUT2D eigenvalue weighted by Crippen LogP contribution is -2.27. The van der Waals surface area contributed by atoms with E-state index in [0.29, 0.717) is 23.2 Å². The second-order valence-electron chi connectivity index (χ2n) is 3.77. The molecule has 1 aromatic carbocycles. The van der Waals surface area contributed by atoms with Crippen molar-refractivity contribution in [3.8, 4) is 0 Å². The van der Waals surface area contributed by atoms with Gasteiger partial charge in [0, 0.05) is 35.0 Å². The summed E-state index contributed by atoms with van der Waals surface area (Å²) >= 11 is 7.49. The number of hydrogen-bond donors (Lipinski definition) is 1. The number of thioether (sulfide) groups is 1. The smallest absolute Gasteiger partial charge is 0.275 e. The predicted octanol–water partition coefficient (Wildman–Crippen LogP) is 3.09. The van der Waals surface area contributed by atoms with Crippen molar-refractivity contribution in [1.29, 1.82) is 0 Å². The molecule has 0 saturated heterocycles. The topological polar surface area (TPSA) is 55.2 Å². The molecule has 0 saturated carbocycles. The van der Waals surface area contributed by atoms with E-state index in [4.69, 9.17) is 11.6 Å². The zero-order valence-electron chi connectivity index (χ0n) is 9.77. The molecular formula is C11H15ClN2O2S. The van der Waals surface area contributed by atoms with Crippen molar-refractivity contribution in [2.24, 2.45) is 0 Å². The van der Waals surface area contributed by atoms with E-state index in [0.717, 1.165) is 5.75 Å². The minimum Gasteiger partial charge on any atom is -0.309 e. The number of nitrogens with one attached hydrogen (secondary N) is 1. The maximum Gasteiger partial charge on any atom is 0.275 e. The van der Waals surface area contributed by atoms with Gasteiger partial charge in [-0.25, -0.2) is 0 Å². The van der Waals surface area contributed by atoms with E-state index in [-0.39, 0.29) is 5.69 Å². The number of benzene rings is 1. The van der Waals surface area contributed by atoms with E-state index in [9.17, 15) is 10.1 Å². The molecule has 1 aromatic rings. The highest BCUT2D eigenvalue weighted by molar-refractivity contribution is 7.98. The van der Waals surface area contributed by atoms with Crippen LogP contribution in [0.4, 0.5) is 5.69 Å². The number of hydrogen-bond acceptors (Lipinski definition) is 4. The first-order valence-corrected chi connectivity index (χ1v) is 6.97. The Morgan fingerprint density at radius 3 is 2.88 bits per heavy atom. The van der Waals surface area contributed by atoms with E-state index < -0.39 is 4.92 Å². The van der Waals surface area contributed by atoms with Crippen LogP contribution in [0, 0.1) is 10.1 Å². The molecular weight excluding hydrogens is 260 g/mol. The molecule has 0 radical (unpaired) electrons. The lowest BCUT2D eigenvalue weighted by molar-refractivity contribution is -0.385. The van der Waals surface area contributed by atoms with E-state index in [2.05, 4.69) is 12.2 Å². The second kappa shape index (κ2) is 6.83. The van der Waals surface area contributed by atoms with Gasteiger partial charge in [0.2, 0.25) is 0 Å². The summed E-state index contributed by atoms with van der Waals surface area (Å²) in [5.74, 6) is 0.974. The average molecular weight is 275 g/mol. The van der Waals surface area contributed by atoms with Crippen LogP contribution in [-0.2, 0) is 6.54 Å². The molecule has 0 aliphatic rings. The summed E-state index contributed by atoms with van der Waals surface area (Å²) in [4.78, 5) is 10.5. The van der Waals surface area contributed by atoms with Gasteiger partial charge in [0.1, 0.15) is 0 Å². The maximum absolute atomic E-state index is 10.9. The normalized spacial score (nSPS) is 12.4. The Morgan fingerprint density at radius 1 is 1.59 bits per heavy atom. The van der Waals surface area contributed by atoms with Crippen LogP contribution in [0.2, 0.25) is 5.02 Å². The molecule has 1 atom stereocenters. The van der Waals surface area contributed by atoms with Crippen molar-refractivity contribution in [2.45, 2.75) is 19.5 Å². The Kier molecular flexibility index (Phi) is 5.74. The summed E-state index contributed by atoms with van der Waals surface area (Å²) in [6.45, 7) is 2.54. The van der Waals surface area contributed by atoms with Gasteiger partial charge in [-0.05, 0) is 25.3 Å². The quantitative estimate of drug-likeness (QED) is 0.640. The molecule has 0 amide bonds. The fourth-order valence-electron chi connectivity index (χ4n) is 1.45. The van der Waals surface area contributed by atoms with Crippen molar-refractivity contribution in [2.75, 3.05) is 12.0 Å². The lowest BCUT2D eigenvalue weighted by atomic mass is 10.1. The summed E-state index contributed by atoms with van der Waals surface area (Å²) in [5, 5.41) is 14.5. The summed E-state index contributed by atoms with van der Waals surface area (Å²) < 4.78 is 0. The summed E-state index contributed by atoms with van der Waals surface area (Å²) in [5.41, 5.74) is 0.730. The number of halogens is 1. The van der Waals surface area contributed by atoms with Gasteiger partial charge in [-0.15, -0.1) is 0 Å². The number of nitro benzene ring substituents is 1. The molecule has 1 rings (SSSR count). The molecule has 94 valence electrons. The molecule has 0 heterocycles. The summed E-state index contributed by atoms with van der Waals surface area (Å²) in [6.07, 6.45) is 2.03. The van der Waals surface area contributed by atoms with Crippen molar-refractivity contribution >= 4 is 29.1 Å². The highest BCUT2D eigenvalue weighted by Gasteiger charge is 2.14. The zero-order chi connectivity index (χ0) is 12.8. The Labute approximate surface area is 110 Å². The zero-order valence-corrected chi connectivity index (χ0v) is 11.3. The Hall–Kier alpha value is -0.780. The molecule has 1 N–H and O–H groups in total. The van der Waals surface area contributed by atoms with Crippen molar-refractivity contribution in [3.05, 3.63) is 38.9 Å². The van der Waals surface area contributed by atoms with Gasteiger partial charge in [-0.2, -0.15) is 11.8 Å². The minimum atomic E-state index is -0.401. The van der Waals surface area contributed by atoms with Gasteiger partial charge in [0.05, 0.1) is 4.92 Å². The van der Waals surface area contributed by atoms with Crippen molar-refractivity contribution < 1.29 is 4.92 Å². The molecule has 1 unspecified atom stereocenters. The van der Waals surface area contributed by atoms with Gasteiger partial charge >= 0.3 is 0 Å². The maximum atomic E-state index is 10.9. The third-order valence-corrected chi connectivity index (χ3v) is 3.37. The molecule has 0 aromatic heterocycles.